The molecule has 22 heavy (non-hydrogen) atoms. The monoisotopic (exact) mass is 304 g/mol. The first kappa shape index (κ1) is 18.4. The van der Waals surface area contributed by atoms with Crippen LogP contribution in [0.25, 0.3) is 0 Å². The first-order valence-corrected chi connectivity index (χ1v) is 7.91. The van der Waals surface area contributed by atoms with Crippen LogP contribution < -0.4 is 0 Å². The maximum Gasteiger partial charge on any atom is 0.335 e. The van der Waals surface area contributed by atoms with Crippen LogP contribution in [0.3, 0.4) is 0 Å². The minimum absolute atomic E-state index is 0.354. The van der Waals surface area contributed by atoms with Crippen LogP contribution in [-0.2, 0) is 6.54 Å². The van der Waals surface area contributed by atoms with Gasteiger partial charge in [-0.05, 0) is 38.1 Å². The summed E-state index contributed by atoms with van der Waals surface area (Å²) in [7, 11) is 2.14. The zero-order valence-corrected chi connectivity index (χ0v) is 14.0. The molecule has 1 aromatic rings. The van der Waals surface area contributed by atoms with Gasteiger partial charge in [-0.1, -0.05) is 31.2 Å². The van der Waals surface area contributed by atoms with E-state index >= 15 is 0 Å². The molecule has 1 N–H and O–H groups in total. The number of hydrogen-bond donors (Lipinski definition) is 1. The summed E-state index contributed by atoms with van der Waals surface area (Å²) in [5.41, 5.74) is 1.53. The molecule has 4 nitrogen and oxygen atoms in total. The van der Waals surface area contributed by atoms with Crippen LogP contribution in [0.4, 0.5) is 0 Å². The Kier molecular flexibility index (Phi) is 8.48. The summed E-state index contributed by atoms with van der Waals surface area (Å²) in [6, 6.07) is 7.16. The van der Waals surface area contributed by atoms with E-state index in [9.17, 15) is 4.79 Å². The number of carbonyl (C=O) groups is 1. The third-order valence-corrected chi connectivity index (χ3v) is 3.67. The van der Waals surface area contributed by atoms with E-state index in [1.165, 1.54) is 5.56 Å². The van der Waals surface area contributed by atoms with Crippen molar-refractivity contribution >= 4 is 5.97 Å². The number of aromatic carboxylic acids is 1. The van der Waals surface area contributed by atoms with Gasteiger partial charge in [0.2, 0.25) is 0 Å². The quantitative estimate of drug-likeness (QED) is 0.868. The Morgan fingerprint density at radius 1 is 1.18 bits per heavy atom. The van der Waals surface area contributed by atoms with Crippen molar-refractivity contribution in [2.45, 2.75) is 26.8 Å². The number of allylic oxidation sites excluding steroid dienone is 2. The SMILES string of the molecule is C/C=C/CC.CN1CCN(Cc2ccc(C(=O)O)cc2)CC1. The van der Waals surface area contributed by atoms with Gasteiger partial charge in [-0.3, -0.25) is 4.90 Å². The van der Waals surface area contributed by atoms with Gasteiger partial charge in [-0.15, -0.1) is 0 Å². The molecule has 1 aliphatic rings. The van der Waals surface area contributed by atoms with E-state index in [4.69, 9.17) is 5.11 Å². The predicted octanol–water partition coefficient (Wildman–Crippen LogP) is 3.10. The average molecular weight is 304 g/mol. The van der Waals surface area contributed by atoms with E-state index in [1.54, 1.807) is 12.1 Å². The number of benzene rings is 1. The zero-order chi connectivity index (χ0) is 16.4. The van der Waals surface area contributed by atoms with Gasteiger partial charge in [0, 0.05) is 32.7 Å². The lowest BCUT2D eigenvalue weighted by atomic mass is 10.1. The second-order valence-corrected chi connectivity index (χ2v) is 5.56. The molecule has 0 unspecified atom stereocenters. The molecule has 1 saturated heterocycles. The van der Waals surface area contributed by atoms with Gasteiger partial charge in [0.15, 0.2) is 0 Å². The van der Waals surface area contributed by atoms with E-state index < -0.39 is 5.97 Å². The molecule has 1 fully saturated rings. The Balaban J connectivity index is 0.000000422. The van der Waals surface area contributed by atoms with Crippen LogP contribution in [0, 0.1) is 0 Å². The van der Waals surface area contributed by atoms with Crippen molar-refractivity contribution < 1.29 is 9.90 Å². The van der Waals surface area contributed by atoms with Crippen LogP contribution in [0.2, 0.25) is 0 Å². The fourth-order valence-corrected chi connectivity index (χ4v) is 2.25. The van der Waals surface area contributed by atoms with Gasteiger partial charge >= 0.3 is 5.97 Å². The van der Waals surface area contributed by atoms with Crippen molar-refractivity contribution in [3.8, 4) is 0 Å². The van der Waals surface area contributed by atoms with Crippen molar-refractivity contribution in [2.24, 2.45) is 0 Å². The Hall–Kier alpha value is -1.65. The van der Waals surface area contributed by atoms with E-state index in [2.05, 4.69) is 35.9 Å². The first-order valence-electron chi connectivity index (χ1n) is 7.91. The highest BCUT2D eigenvalue weighted by molar-refractivity contribution is 5.87. The largest absolute Gasteiger partial charge is 0.478 e. The average Bonchev–Trinajstić information content (AvgIpc) is 2.51. The molecular formula is C18H28N2O2. The fourth-order valence-electron chi connectivity index (χ4n) is 2.25. The number of likely N-dealkylation sites (N-methyl/N-ethyl adjacent to an activating group) is 1. The molecule has 122 valence electrons. The summed E-state index contributed by atoms with van der Waals surface area (Å²) in [5, 5.41) is 8.81. The Morgan fingerprint density at radius 3 is 2.18 bits per heavy atom. The van der Waals surface area contributed by atoms with Gasteiger partial charge in [-0.2, -0.15) is 0 Å². The maximum atomic E-state index is 10.7. The van der Waals surface area contributed by atoms with Crippen molar-refractivity contribution in [3.63, 3.8) is 0 Å². The smallest absolute Gasteiger partial charge is 0.335 e. The van der Waals surface area contributed by atoms with Gasteiger partial charge in [0.25, 0.3) is 0 Å². The predicted molar refractivity (Wildman–Crippen MR) is 91.3 cm³/mol. The van der Waals surface area contributed by atoms with Crippen molar-refractivity contribution in [3.05, 3.63) is 47.5 Å². The molecule has 0 aromatic heterocycles. The summed E-state index contributed by atoms with van der Waals surface area (Å²) in [6.07, 6.45) is 5.34. The van der Waals surface area contributed by atoms with E-state index in [1.807, 2.05) is 19.1 Å². The lowest BCUT2D eigenvalue weighted by Gasteiger charge is -2.32. The molecule has 0 bridgehead atoms. The summed E-state index contributed by atoms with van der Waals surface area (Å²) in [6.45, 7) is 9.44. The second kappa shape index (κ2) is 10.1. The van der Waals surface area contributed by atoms with Crippen LogP contribution in [0.15, 0.2) is 36.4 Å². The lowest BCUT2D eigenvalue weighted by Crippen LogP contribution is -2.43. The standard InChI is InChI=1S/C13H18N2O2.C5H10/c1-14-6-8-15(9-7-14)10-11-2-4-12(5-3-11)13(16)17;1-3-5-4-2/h2-5H,6-10H2,1H3,(H,16,17);3,5H,4H2,1-2H3/b;5-3+. The van der Waals surface area contributed by atoms with E-state index in [-0.39, 0.29) is 0 Å². The minimum atomic E-state index is -0.865. The molecule has 0 amide bonds. The first-order chi connectivity index (χ1) is 10.6. The van der Waals surface area contributed by atoms with E-state index in [0.29, 0.717) is 5.56 Å². The van der Waals surface area contributed by atoms with Crippen LogP contribution in [-0.4, -0.2) is 54.1 Å². The van der Waals surface area contributed by atoms with Gasteiger partial charge < -0.3 is 10.0 Å². The molecule has 0 aliphatic carbocycles. The third kappa shape index (κ3) is 6.87. The molecule has 1 heterocycles. The second-order valence-electron chi connectivity index (χ2n) is 5.56. The number of piperazine rings is 1. The van der Waals surface area contributed by atoms with Crippen molar-refractivity contribution in [1.29, 1.82) is 0 Å². The molecule has 1 aromatic carbocycles. The highest BCUT2D eigenvalue weighted by Crippen LogP contribution is 2.09. The molecule has 0 radical (unpaired) electrons. The zero-order valence-electron chi connectivity index (χ0n) is 14.0. The molecule has 0 spiro atoms. The summed E-state index contributed by atoms with van der Waals surface area (Å²) in [5.74, 6) is -0.865. The summed E-state index contributed by atoms with van der Waals surface area (Å²) >= 11 is 0. The van der Waals surface area contributed by atoms with Crippen LogP contribution in [0.5, 0.6) is 0 Å². The van der Waals surface area contributed by atoms with Crippen molar-refractivity contribution in [1.82, 2.24) is 9.80 Å². The summed E-state index contributed by atoms with van der Waals surface area (Å²) < 4.78 is 0. The third-order valence-electron chi connectivity index (χ3n) is 3.67. The number of nitrogens with zero attached hydrogens (tertiary/aromatic N) is 2. The maximum absolute atomic E-state index is 10.7. The van der Waals surface area contributed by atoms with E-state index in [0.717, 1.165) is 39.1 Å². The Bertz CT molecular complexity index is 460. The van der Waals surface area contributed by atoms with Crippen LogP contribution in [0.1, 0.15) is 36.2 Å². The molecular weight excluding hydrogens is 276 g/mol. The number of carboxylic acid groups (broad SMARTS) is 1. The summed E-state index contributed by atoms with van der Waals surface area (Å²) in [4.78, 5) is 15.4. The molecule has 0 atom stereocenters. The molecule has 2 rings (SSSR count). The highest BCUT2D eigenvalue weighted by atomic mass is 16.4. The lowest BCUT2D eigenvalue weighted by molar-refractivity contribution is 0.0697. The van der Waals surface area contributed by atoms with Crippen LogP contribution >= 0.6 is 0 Å². The molecule has 4 heteroatoms. The highest BCUT2D eigenvalue weighted by Gasteiger charge is 2.13. The van der Waals surface area contributed by atoms with Gasteiger partial charge in [0.1, 0.15) is 0 Å². The Labute approximate surface area is 134 Å². The number of rotatable bonds is 4. The fraction of sp³-hybridized carbons (Fsp3) is 0.500. The topological polar surface area (TPSA) is 43.8 Å². The van der Waals surface area contributed by atoms with Crippen molar-refractivity contribution in [2.75, 3.05) is 33.2 Å². The Morgan fingerprint density at radius 2 is 1.77 bits per heavy atom. The number of hydrogen-bond acceptors (Lipinski definition) is 3. The van der Waals surface area contributed by atoms with Gasteiger partial charge in [0.05, 0.1) is 5.56 Å². The number of carboxylic acids is 1. The molecule has 1 aliphatic heterocycles. The molecule has 0 saturated carbocycles. The minimum Gasteiger partial charge on any atom is -0.478 e. The van der Waals surface area contributed by atoms with Gasteiger partial charge in [-0.25, -0.2) is 4.79 Å². The normalized spacial score (nSPS) is 16.3.